The predicted molar refractivity (Wildman–Crippen MR) is 68.4 cm³/mol. The van der Waals surface area contributed by atoms with Crippen LogP contribution < -0.4 is 16.4 Å². The second-order valence-corrected chi connectivity index (χ2v) is 4.11. The highest BCUT2D eigenvalue weighted by Crippen LogP contribution is 2.11. The third-order valence-corrected chi connectivity index (χ3v) is 2.80. The van der Waals surface area contributed by atoms with Gasteiger partial charge in [-0.05, 0) is 24.3 Å². The van der Waals surface area contributed by atoms with E-state index in [0.29, 0.717) is 11.3 Å². The van der Waals surface area contributed by atoms with Gasteiger partial charge in [-0.1, -0.05) is 0 Å². The van der Waals surface area contributed by atoms with Crippen molar-refractivity contribution >= 4 is 17.6 Å². The molecule has 0 bridgehead atoms. The van der Waals surface area contributed by atoms with Crippen molar-refractivity contribution in [2.24, 2.45) is 5.73 Å². The van der Waals surface area contributed by atoms with Gasteiger partial charge in [-0.3, -0.25) is 4.79 Å². The molecule has 1 saturated heterocycles. The standard InChI is InChI=1S/C12H16N4O2/c13-12(18)15-10-3-1-9(2-4-10)11(17)16-7-5-14-6-8-16/h1-4,14H,5-8H2,(H3,13,15,18). The molecule has 4 N–H and O–H groups in total. The number of hydrogen-bond acceptors (Lipinski definition) is 3. The van der Waals surface area contributed by atoms with E-state index in [1.165, 1.54) is 0 Å². The number of benzene rings is 1. The van der Waals surface area contributed by atoms with Gasteiger partial charge in [0.15, 0.2) is 0 Å². The first-order valence-corrected chi connectivity index (χ1v) is 5.83. The zero-order valence-electron chi connectivity index (χ0n) is 9.98. The molecule has 1 aromatic rings. The fourth-order valence-corrected chi connectivity index (χ4v) is 1.89. The molecule has 0 unspecified atom stereocenters. The molecule has 0 aliphatic carbocycles. The molecular weight excluding hydrogens is 232 g/mol. The molecule has 3 amide bonds. The smallest absolute Gasteiger partial charge is 0.316 e. The predicted octanol–water partition coefficient (Wildman–Crippen LogP) is 0.223. The van der Waals surface area contributed by atoms with Crippen molar-refractivity contribution in [1.29, 1.82) is 0 Å². The summed E-state index contributed by atoms with van der Waals surface area (Å²) in [7, 11) is 0. The third-order valence-electron chi connectivity index (χ3n) is 2.80. The van der Waals surface area contributed by atoms with Crippen molar-refractivity contribution in [2.75, 3.05) is 31.5 Å². The van der Waals surface area contributed by atoms with E-state index in [4.69, 9.17) is 5.73 Å². The number of nitrogens with two attached hydrogens (primary N) is 1. The summed E-state index contributed by atoms with van der Waals surface area (Å²) in [5.41, 5.74) is 6.21. The van der Waals surface area contributed by atoms with Gasteiger partial charge in [-0.25, -0.2) is 4.79 Å². The summed E-state index contributed by atoms with van der Waals surface area (Å²) >= 11 is 0. The van der Waals surface area contributed by atoms with E-state index in [9.17, 15) is 9.59 Å². The number of amides is 3. The van der Waals surface area contributed by atoms with Crippen LogP contribution in [-0.4, -0.2) is 43.0 Å². The van der Waals surface area contributed by atoms with Crippen molar-refractivity contribution in [1.82, 2.24) is 10.2 Å². The van der Waals surface area contributed by atoms with Gasteiger partial charge in [0.2, 0.25) is 0 Å². The second kappa shape index (κ2) is 5.50. The van der Waals surface area contributed by atoms with Crippen LogP contribution in [0.2, 0.25) is 0 Å². The van der Waals surface area contributed by atoms with Gasteiger partial charge in [0.25, 0.3) is 5.91 Å². The molecule has 0 aromatic heterocycles. The van der Waals surface area contributed by atoms with Gasteiger partial charge in [0.05, 0.1) is 0 Å². The molecule has 1 aliphatic heterocycles. The average Bonchev–Trinajstić information content (AvgIpc) is 2.39. The largest absolute Gasteiger partial charge is 0.351 e. The molecule has 0 spiro atoms. The van der Waals surface area contributed by atoms with Crippen LogP contribution in [-0.2, 0) is 0 Å². The quantitative estimate of drug-likeness (QED) is 0.699. The Morgan fingerprint density at radius 3 is 2.33 bits per heavy atom. The molecule has 0 atom stereocenters. The Bertz CT molecular complexity index is 438. The Morgan fingerprint density at radius 1 is 1.17 bits per heavy atom. The van der Waals surface area contributed by atoms with E-state index in [-0.39, 0.29) is 5.91 Å². The molecular formula is C12H16N4O2. The number of rotatable bonds is 2. The lowest BCUT2D eigenvalue weighted by atomic mass is 10.1. The summed E-state index contributed by atoms with van der Waals surface area (Å²) < 4.78 is 0. The minimum Gasteiger partial charge on any atom is -0.351 e. The Kier molecular flexibility index (Phi) is 3.78. The first kappa shape index (κ1) is 12.4. The number of piperazine rings is 1. The SMILES string of the molecule is NC(=O)Nc1ccc(C(=O)N2CCNCC2)cc1. The molecule has 1 aliphatic rings. The summed E-state index contributed by atoms with van der Waals surface area (Å²) in [6.45, 7) is 3.10. The molecule has 0 saturated carbocycles. The Labute approximate surface area is 105 Å². The number of carbonyl (C=O) groups excluding carboxylic acids is 2. The number of anilines is 1. The monoisotopic (exact) mass is 248 g/mol. The van der Waals surface area contributed by atoms with E-state index in [2.05, 4.69) is 10.6 Å². The lowest BCUT2D eigenvalue weighted by Crippen LogP contribution is -2.46. The van der Waals surface area contributed by atoms with Crippen molar-refractivity contribution in [3.8, 4) is 0 Å². The molecule has 1 fully saturated rings. The van der Waals surface area contributed by atoms with Gasteiger partial charge in [0, 0.05) is 37.4 Å². The maximum absolute atomic E-state index is 12.1. The normalized spacial score (nSPS) is 15.2. The van der Waals surface area contributed by atoms with Gasteiger partial charge in [0.1, 0.15) is 0 Å². The van der Waals surface area contributed by atoms with Crippen LogP contribution in [0.15, 0.2) is 24.3 Å². The summed E-state index contributed by atoms with van der Waals surface area (Å²) in [5, 5.41) is 5.65. The van der Waals surface area contributed by atoms with Crippen molar-refractivity contribution in [3.05, 3.63) is 29.8 Å². The minimum absolute atomic E-state index is 0.0159. The topological polar surface area (TPSA) is 87.5 Å². The summed E-state index contributed by atoms with van der Waals surface area (Å²) in [4.78, 5) is 24.6. The molecule has 1 aromatic carbocycles. The Hall–Kier alpha value is -2.08. The maximum Gasteiger partial charge on any atom is 0.316 e. The third kappa shape index (κ3) is 2.98. The summed E-state index contributed by atoms with van der Waals surface area (Å²) in [5.74, 6) is 0.0159. The van der Waals surface area contributed by atoms with Crippen molar-refractivity contribution in [2.45, 2.75) is 0 Å². The molecule has 0 radical (unpaired) electrons. The van der Waals surface area contributed by atoms with E-state index in [1.807, 2.05) is 4.90 Å². The first-order valence-electron chi connectivity index (χ1n) is 5.83. The highest BCUT2D eigenvalue weighted by Gasteiger charge is 2.17. The van der Waals surface area contributed by atoms with E-state index < -0.39 is 6.03 Å². The van der Waals surface area contributed by atoms with Crippen molar-refractivity contribution < 1.29 is 9.59 Å². The number of nitrogens with zero attached hydrogens (tertiary/aromatic N) is 1. The molecule has 1 heterocycles. The molecule has 96 valence electrons. The van der Waals surface area contributed by atoms with Gasteiger partial charge in [-0.15, -0.1) is 0 Å². The molecule has 18 heavy (non-hydrogen) atoms. The number of urea groups is 1. The minimum atomic E-state index is -0.615. The van der Waals surface area contributed by atoms with Gasteiger partial charge < -0.3 is 21.3 Å². The Balaban J connectivity index is 2.04. The van der Waals surface area contributed by atoms with Crippen LogP contribution in [0.5, 0.6) is 0 Å². The molecule has 6 nitrogen and oxygen atoms in total. The maximum atomic E-state index is 12.1. The first-order chi connectivity index (χ1) is 8.66. The lowest BCUT2D eigenvalue weighted by Gasteiger charge is -2.27. The van der Waals surface area contributed by atoms with Crippen LogP contribution in [0.4, 0.5) is 10.5 Å². The van der Waals surface area contributed by atoms with Crippen LogP contribution in [0.3, 0.4) is 0 Å². The number of primary amides is 1. The molecule has 2 rings (SSSR count). The molecule has 6 heteroatoms. The van der Waals surface area contributed by atoms with E-state index in [0.717, 1.165) is 26.2 Å². The van der Waals surface area contributed by atoms with Crippen LogP contribution in [0.1, 0.15) is 10.4 Å². The fourth-order valence-electron chi connectivity index (χ4n) is 1.89. The van der Waals surface area contributed by atoms with E-state index in [1.54, 1.807) is 24.3 Å². The van der Waals surface area contributed by atoms with Crippen molar-refractivity contribution in [3.63, 3.8) is 0 Å². The number of carbonyl (C=O) groups is 2. The van der Waals surface area contributed by atoms with Gasteiger partial charge in [-0.2, -0.15) is 0 Å². The zero-order valence-corrected chi connectivity index (χ0v) is 9.98. The van der Waals surface area contributed by atoms with Crippen LogP contribution >= 0.6 is 0 Å². The number of hydrogen-bond donors (Lipinski definition) is 3. The average molecular weight is 248 g/mol. The highest BCUT2D eigenvalue weighted by atomic mass is 16.2. The zero-order chi connectivity index (χ0) is 13.0. The summed E-state index contributed by atoms with van der Waals surface area (Å²) in [6, 6.07) is 6.10. The second-order valence-electron chi connectivity index (χ2n) is 4.11. The number of nitrogens with one attached hydrogen (secondary N) is 2. The van der Waals surface area contributed by atoms with Crippen LogP contribution in [0, 0.1) is 0 Å². The van der Waals surface area contributed by atoms with Crippen LogP contribution in [0.25, 0.3) is 0 Å². The lowest BCUT2D eigenvalue weighted by molar-refractivity contribution is 0.0736. The van der Waals surface area contributed by atoms with Gasteiger partial charge >= 0.3 is 6.03 Å². The Morgan fingerprint density at radius 2 is 1.78 bits per heavy atom. The highest BCUT2D eigenvalue weighted by molar-refractivity contribution is 5.95. The summed E-state index contributed by atoms with van der Waals surface area (Å²) in [6.07, 6.45) is 0. The van der Waals surface area contributed by atoms with E-state index >= 15 is 0 Å². The fraction of sp³-hybridized carbons (Fsp3) is 0.333.